The number of nitriles is 1. The van der Waals surface area contributed by atoms with Gasteiger partial charge < -0.3 is 9.80 Å². The maximum Gasteiger partial charge on any atom is 0.253 e. The molecular weight excluding hydrogens is 340 g/mol. The molecule has 0 radical (unpaired) electrons. The lowest BCUT2D eigenvalue weighted by atomic mass is 9.91. The Labute approximate surface area is 160 Å². The van der Waals surface area contributed by atoms with Crippen LogP contribution in [0.3, 0.4) is 0 Å². The maximum atomic E-state index is 12.8. The van der Waals surface area contributed by atoms with Crippen LogP contribution in [0.25, 0.3) is 0 Å². The van der Waals surface area contributed by atoms with E-state index in [1.54, 1.807) is 29.2 Å². The van der Waals surface area contributed by atoms with Crippen LogP contribution in [0.1, 0.15) is 41.6 Å². The molecule has 1 saturated carbocycles. The topological polar surface area (TPSA) is 67.6 Å². The molecule has 0 unspecified atom stereocenters. The number of carbonyl (C=O) groups is 2. The summed E-state index contributed by atoms with van der Waals surface area (Å²) in [5.41, 5.74) is 1.12. The number of likely N-dealkylation sites (tertiary alicyclic amines) is 1. The smallest absolute Gasteiger partial charge is 0.253 e. The van der Waals surface area contributed by atoms with E-state index in [0.717, 1.165) is 38.6 Å². The summed E-state index contributed by atoms with van der Waals surface area (Å²) < 4.78 is 0. The number of hydrogen-bond donors (Lipinski definition) is 0. The minimum atomic E-state index is -0.0671. The van der Waals surface area contributed by atoms with Crippen LogP contribution >= 0.6 is 0 Å². The molecule has 3 aliphatic rings. The van der Waals surface area contributed by atoms with Gasteiger partial charge >= 0.3 is 0 Å². The fraction of sp³-hybridized carbons (Fsp3) is 0.571. The van der Waals surface area contributed by atoms with Crippen LogP contribution in [0.4, 0.5) is 0 Å². The fourth-order valence-corrected chi connectivity index (χ4v) is 4.20. The van der Waals surface area contributed by atoms with Crippen LogP contribution < -0.4 is 0 Å². The monoisotopic (exact) mass is 366 g/mol. The summed E-state index contributed by atoms with van der Waals surface area (Å²) in [6.07, 6.45) is 5.00. The molecule has 3 fully saturated rings. The van der Waals surface area contributed by atoms with E-state index in [4.69, 9.17) is 5.26 Å². The SMILES string of the molecule is N#Cc1ccc(C(=O)N2CC(C(=O)N3CCCN(C4CCC4)CC3)C2)cc1. The highest BCUT2D eigenvalue weighted by molar-refractivity contribution is 5.96. The van der Waals surface area contributed by atoms with Gasteiger partial charge in [0.1, 0.15) is 0 Å². The van der Waals surface area contributed by atoms with Crippen LogP contribution in [0.15, 0.2) is 24.3 Å². The van der Waals surface area contributed by atoms with Crippen molar-refractivity contribution in [2.24, 2.45) is 5.92 Å². The Kier molecular flexibility index (Phi) is 5.13. The highest BCUT2D eigenvalue weighted by atomic mass is 16.2. The summed E-state index contributed by atoms with van der Waals surface area (Å²) in [6.45, 7) is 4.73. The van der Waals surface area contributed by atoms with E-state index < -0.39 is 0 Å². The molecule has 2 saturated heterocycles. The fourth-order valence-electron chi connectivity index (χ4n) is 4.20. The number of nitrogens with zero attached hydrogens (tertiary/aromatic N) is 4. The summed E-state index contributed by atoms with van der Waals surface area (Å²) in [5.74, 6) is 0.0764. The zero-order chi connectivity index (χ0) is 18.8. The molecule has 0 aromatic heterocycles. The lowest BCUT2D eigenvalue weighted by molar-refractivity contribution is -0.139. The van der Waals surface area contributed by atoms with Gasteiger partial charge in [0, 0.05) is 50.9 Å². The Morgan fingerprint density at radius 3 is 2.30 bits per heavy atom. The molecule has 2 heterocycles. The van der Waals surface area contributed by atoms with Crippen LogP contribution in [0, 0.1) is 17.2 Å². The van der Waals surface area contributed by atoms with Gasteiger partial charge in [0.25, 0.3) is 5.91 Å². The first-order chi connectivity index (χ1) is 13.2. The standard InChI is InChI=1S/C21H26N4O2/c22-13-16-5-7-17(8-6-16)20(26)25-14-18(15-25)21(27)24-10-2-9-23(11-12-24)19-3-1-4-19/h5-8,18-19H,1-4,9-12,14-15H2. The second-order valence-corrected chi connectivity index (χ2v) is 7.90. The minimum Gasteiger partial charge on any atom is -0.341 e. The van der Waals surface area contributed by atoms with Crippen molar-refractivity contribution in [1.82, 2.24) is 14.7 Å². The van der Waals surface area contributed by atoms with Crippen molar-refractivity contribution in [3.63, 3.8) is 0 Å². The van der Waals surface area contributed by atoms with E-state index in [0.29, 0.717) is 24.2 Å². The summed E-state index contributed by atoms with van der Waals surface area (Å²) in [5, 5.41) is 8.85. The Morgan fingerprint density at radius 2 is 1.67 bits per heavy atom. The van der Waals surface area contributed by atoms with Gasteiger partial charge in [-0.05, 0) is 43.5 Å². The summed E-state index contributed by atoms with van der Waals surface area (Å²) >= 11 is 0. The highest BCUT2D eigenvalue weighted by Gasteiger charge is 2.38. The van der Waals surface area contributed by atoms with E-state index >= 15 is 0 Å². The van der Waals surface area contributed by atoms with Crippen molar-refractivity contribution >= 4 is 11.8 Å². The molecule has 1 aliphatic carbocycles. The number of amides is 2. The molecule has 0 N–H and O–H groups in total. The highest BCUT2D eigenvalue weighted by Crippen LogP contribution is 2.26. The molecule has 142 valence electrons. The summed E-state index contributed by atoms with van der Waals surface area (Å²) in [6, 6.07) is 9.46. The zero-order valence-electron chi connectivity index (χ0n) is 15.6. The van der Waals surface area contributed by atoms with Gasteiger partial charge in [-0.2, -0.15) is 5.26 Å². The van der Waals surface area contributed by atoms with Gasteiger partial charge in [-0.3, -0.25) is 14.5 Å². The van der Waals surface area contributed by atoms with Crippen molar-refractivity contribution in [2.45, 2.75) is 31.7 Å². The Morgan fingerprint density at radius 1 is 0.926 bits per heavy atom. The lowest BCUT2D eigenvalue weighted by Gasteiger charge is -2.40. The Bertz CT molecular complexity index is 744. The van der Waals surface area contributed by atoms with Gasteiger partial charge in [-0.25, -0.2) is 0 Å². The molecule has 0 spiro atoms. The van der Waals surface area contributed by atoms with Crippen molar-refractivity contribution in [3.8, 4) is 6.07 Å². The quantitative estimate of drug-likeness (QED) is 0.817. The second-order valence-electron chi connectivity index (χ2n) is 7.90. The minimum absolute atomic E-state index is 0.0597. The van der Waals surface area contributed by atoms with E-state index in [9.17, 15) is 9.59 Å². The van der Waals surface area contributed by atoms with Gasteiger partial charge in [0.05, 0.1) is 17.6 Å². The molecule has 1 aromatic carbocycles. The molecule has 6 nitrogen and oxygen atoms in total. The maximum absolute atomic E-state index is 12.8. The predicted octanol–water partition coefficient (Wildman–Crippen LogP) is 1.72. The molecule has 4 rings (SSSR count). The third kappa shape index (κ3) is 3.70. The van der Waals surface area contributed by atoms with Crippen molar-refractivity contribution in [3.05, 3.63) is 35.4 Å². The van der Waals surface area contributed by atoms with E-state index in [2.05, 4.69) is 11.0 Å². The first kappa shape index (κ1) is 18.0. The average molecular weight is 366 g/mol. The molecule has 27 heavy (non-hydrogen) atoms. The number of rotatable bonds is 3. The van der Waals surface area contributed by atoms with Crippen LogP contribution in [-0.2, 0) is 4.79 Å². The van der Waals surface area contributed by atoms with Gasteiger partial charge in [0.15, 0.2) is 0 Å². The third-order valence-corrected chi connectivity index (χ3v) is 6.21. The summed E-state index contributed by atoms with van der Waals surface area (Å²) in [4.78, 5) is 31.6. The number of benzene rings is 1. The van der Waals surface area contributed by atoms with Gasteiger partial charge in [0.2, 0.25) is 5.91 Å². The van der Waals surface area contributed by atoms with Crippen LogP contribution in [0.5, 0.6) is 0 Å². The summed E-state index contributed by atoms with van der Waals surface area (Å²) in [7, 11) is 0. The number of carbonyl (C=O) groups excluding carboxylic acids is 2. The molecular formula is C21H26N4O2. The molecule has 0 bridgehead atoms. The van der Waals surface area contributed by atoms with Crippen molar-refractivity contribution in [2.75, 3.05) is 39.3 Å². The zero-order valence-corrected chi connectivity index (χ0v) is 15.6. The average Bonchev–Trinajstić information content (AvgIpc) is 2.85. The van der Waals surface area contributed by atoms with Crippen LogP contribution in [-0.4, -0.2) is 71.8 Å². The Balaban J connectivity index is 1.27. The lowest BCUT2D eigenvalue weighted by Crippen LogP contribution is -2.56. The first-order valence-electron chi connectivity index (χ1n) is 9.98. The first-order valence-corrected chi connectivity index (χ1v) is 9.98. The Hall–Kier alpha value is -2.39. The van der Waals surface area contributed by atoms with Crippen LogP contribution in [0.2, 0.25) is 0 Å². The van der Waals surface area contributed by atoms with E-state index in [1.165, 1.54) is 19.3 Å². The normalized spacial score (nSPS) is 21.7. The van der Waals surface area contributed by atoms with Gasteiger partial charge in [-0.1, -0.05) is 6.42 Å². The molecule has 1 aromatic rings. The molecule has 6 heteroatoms. The molecule has 2 amide bonds. The predicted molar refractivity (Wildman–Crippen MR) is 101 cm³/mol. The van der Waals surface area contributed by atoms with Crippen molar-refractivity contribution in [1.29, 1.82) is 5.26 Å². The third-order valence-electron chi connectivity index (χ3n) is 6.21. The second kappa shape index (κ2) is 7.69. The van der Waals surface area contributed by atoms with Crippen molar-refractivity contribution < 1.29 is 9.59 Å². The number of hydrogen-bond acceptors (Lipinski definition) is 4. The largest absolute Gasteiger partial charge is 0.341 e. The van der Waals surface area contributed by atoms with E-state index in [1.807, 2.05) is 4.90 Å². The molecule has 2 aliphatic heterocycles. The van der Waals surface area contributed by atoms with E-state index in [-0.39, 0.29) is 17.7 Å². The molecule has 0 atom stereocenters. The van der Waals surface area contributed by atoms with Gasteiger partial charge in [-0.15, -0.1) is 0 Å².